The molecule has 0 heterocycles. The summed E-state index contributed by atoms with van der Waals surface area (Å²) in [5, 5.41) is 22.3. The lowest BCUT2D eigenvalue weighted by Crippen LogP contribution is -2.13. The summed E-state index contributed by atoms with van der Waals surface area (Å²) in [5.74, 6) is -0.236. The first-order valence-electron chi connectivity index (χ1n) is 5.12. The van der Waals surface area contributed by atoms with Gasteiger partial charge in [0, 0.05) is 5.69 Å². The first-order chi connectivity index (χ1) is 8.86. The number of nitrogens with one attached hydrogen (secondary N) is 1. The van der Waals surface area contributed by atoms with Crippen LogP contribution in [0, 0.1) is 11.3 Å². The Bertz CT molecular complexity index is 618. The molecule has 3 nitrogen and oxygen atoms in total. The second-order valence-corrected chi connectivity index (χ2v) is 4.92. The summed E-state index contributed by atoms with van der Waals surface area (Å²) in [6.45, 7) is 5.13. The van der Waals surface area contributed by atoms with Crippen LogP contribution in [0.5, 0.6) is 0 Å². The maximum atomic E-state index is 9.72. The van der Waals surface area contributed by atoms with E-state index in [1.807, 2.05) is 6.07 Å². The molecule has 0 unspecified atom stereocenters. The standard InChI is InChI=1S/C13H10Cl2N2OS/c1-7(2)12(18)9(6-16)13(19)17-8-3-4-10(14)11(15)5-8/h3-5,18H,1H2,2H3,(H,17,19). The van der Waals surface area contributed by atoms with Gasteiger partial charge in [0.05, 0.1) is 10.0 Å². The van der Waals surface area contributed by atoms with Gasteiger partial charge in [0.2, 0.25) is 0 Å². The van der Waals surface area contributed by atoms with Crippen molar-refractivity contribution in [2.45, 2.75) is 6.92 Å². The summed E-state index contributed by atoms with van der Waals surface area (Å²) in [6, 6.07) is 6.67. The topological polar surface area (TPSA) is 56.0 Å². The Morgan fingerprint density at radius 3 is 2.53 bits per heavy atom. The Labute approximate surface area is 126 Å². The lowest BCUT2D eigenvalue weighted by Gasteiger charge is -2.09. The number of benzene rings is 1. The van der Waals surface area contributed by atoms with Gasteiger partial charge in [-0.15, -0.1) is 0 Å². The fourth-order valence-electron chi connectivity index (χ4n) is 1.19. The summed E-state index contributed by atoms with van der Waals surface area (Å²) in [4.78, 5) is 0.0846. The van der Waals surface area contributed by atoms with Crippen LogP contribution in [0.3, 0.4) is 0 Å². The lowest BCUT2D eigenvalue weighted by molar-refractivity contribution is 0.422. The highest BCUT2D eigenvalue weighted by Crippen LogP contribution is 2.25. The third kappa shape index (κ3) is 3.97. The molecule has 0 bridgehead atoms. The van der Waals surface area contributed by atoms with Gasteiger partial charge in [-0.1, -0.05) is 42.0 Å². The Morgan fingerprint density at radius 1 is 1.42 bits per heavy atom. The predicted molar refractivity (Wildman–Crippen MR) is 82.8 cm³/mol. The first-order valence-corrected chi connectivity index (χ1v) is 6.29. The largest absolute Gasteiger partial charge is 0.506 e. The molecule has 0 aliphatic rings. The third-order valence-electron chi connectivity index (χ3n) is 2.16. The van der Waals surface area contributed by atoms with E-state index >= 15 is 0 Å². The number of aliphatic hydroxyl groups is 1. The minimum atomic E-state index is -0.236. The van der Waals surface area contributed by atoms with E-state index in [4.69, 9.17) is 40.7 Å². The van der Waals surface area contributed by atoms with Gasteiger partial charge in [-0.2, -0.15) is 5.26 Å². The van der Waals surface area contributed by atoms with Crippen molar-refractivity contribution in [3.8, 4) is 6.07 Å². The Kier molecular flexibility index (Phi) is 5.37. The summed E-state index contributed by atoms with van der Waals surface area (Å²) in [7, 11) is 0. The highest BCUT2D eigenvalue weighted by atomic mass is 35.5. The van der Waals surface area contributed by atoms with Crippen molar-refractivity contribution in [2.24, 2.45) is 0 Å². The van der Waals surface area contributed by atoms with Crippen molar-refractivity contribution in [1.82, 2.24) is 0 Å². The average molecular weight is 313 g/mol. The SMILES string of the molecule is C=C(C)C(O)=C(C#N)C(=S)Nc1ccc(Cl)c(Cl)c1. The van der Waals surface area contributed by atoms with Crippen molar-refractivity contribution in [3.05, 3.63) is 51.7 Å². The number of allylic oxidation sites excluding steroid dienone is 1. The summed E-state index contributed by atoms with van der Waals surface area (Å²) < 4.78 is 0. The maximum Gasteiger partial charge on any atom is 0.138 e. The van der Waals surface area contributed by atoms with Crippen molar-refractivity contribution in [3.63, 3.8) is 0 Å². The molecule has 0 aromatic heterocycles. The zero-order valence-electron chi connectivity index (χ0n) is 10.00. The number of nitrogens with zero attached hydrogens (tertiary/aromatic N) is 1. The van der Waals surface area contributed by atoms with Crippen molar-refractivity contribution < 1.29 is 5.11 Å². The number of hydrogen-bond acceptors (Lipinski definition) is 3. The van der Waals surface area contributed by atoms with E-state index in [1.165, 1.54) is 0 Å². The fraction of sp³-hybridized carbons (Fsp3) is 0.0769. The third-order valence-corrected chi connectivity index (χ3v) is 3.20. The molecule has 0 atom stereocenters. The second kappa shape index (κ2) is 6.58. The van der Waals surface area contributed by atoms with E-state index in [9.17, 15) is 5.11 Å². The molecular formula is C13H10Cl2N2OS. The molecule has 0 aliphatic carbocycles. The fourth-order valence-corrected chi connectivity index (χ4v) is 1.75. The highest BCUT2D eigenvalue weighted by molar-refractivity contribution is 7.81. The summed E-state index contributed by atoms with van der Waals surface area (Å²) in [5.41, 5.74) is 0.880. The summed E-state index contributed by atoms with van der Waals surface area (Å²) >= 11 is 16.7. The molecule has 0 radical (unpaired) electrons. The molecule has 0 spiro atoms. The molecule has 0 aliphatic heterocycles. The number of aliphatic hydroxyl groups excluding tert-OH is 1. The minimum Gasteiger partial charge on any atom is -0.506 e. The van der Waals surface area contributed by atoms with Crippen LogP contribution in [0.4, 0.5) is 5.69 Å². The van der Waals surface area contributed by atoms with E-state index < -0.39 is 0 Å². The molecule has 19 heavy (non-hydrogen) atoms. The summed E-state index contributed by atoms with van der Waals surface area (Å²) in [6.07, 6.45) is 0. The monoisotopic (exact) mass is 312 g/mol. The van der Waals surface area contributed by atoms with Crippen molar-refractivity contribution >= 4 is 46.1 Å². The molecule has 1 rings (SSSR count). The van der Waals surface area contributed by atoms with Gasteiger partial charge in [-0.25, -0.2) is 0 Å². The van der Waals surface area contributed by atoms with Crippen molar-refractivity contribution in [1.29, 1.82) is 5.26 Å². The van der Waals surface area contributed by atoms with Gasteiger partial charge < -0.3 is 10.4 Å². The molecule has 6 heteroatoms. The van der Waals surface area contributed by atoms with E-state index in [2.05, 4.69) is 11.9 Å². The van der Waals surface area contributed by atoms with Crippen LogP contribution in [0.1, 0.15) is 6.92 Å². The van der Waals surface area contributed by atoms with Gasteiger partial charge in [-0.05, 0) is 30.7 Å². The van der Waals surface area contributed by atoms with Gasteiger partial charge in [0.25, 0.3) is 0 Å². The van der Waals surface area contributed by atoms with Crippen LogP contribution in [0.2, 0.25) is 10.0 Å². The maximum absolute atomic E-state index is 9.72. The molecule has 0 saturated heterocycles. The second-order valence-electron chi connectivity index (χ2n) is 3.70. The van der Waals surface area contributed by atoms with E-state index in [-0.39, 0.29) is 16.3 Å². The molecule has 0 saturated carbocycles. The van der Waals surface area contributed by atoms with Gasteiger partial charge in [0.1, 0.15) is 22.4 Å². The average Bonchev–Trinajstić information content (AvgIpc) is 2.34. The zero-order chi connectivity index (χ0) is 14.6. The predicted octanol–water partition coefficient (Wildman–Crippen LogP) is 4.64. The number of halogens is 2. The smallest absolute Gasteiger partial charge is 0.138 e. The number of nitriles is 1. The van der Waals surface area contributed by atoms with Crippen LogP contribution >= 0.6 is 35.4 Å². The molecule has 98 valence electrons. The van der Waals surface area contributed by atoms with E-state index in [1.54, 1.807) is 25.1 Å². The molecular weight excluding hydrogens is 303 g/mol. The van der Waals surface area contributed by atoms with Gasteiger partial charge >= 0.3 is 0 Å². The number of hydrogen-bond donors (Lipinski definition) is 2. The van der Waals surface area contributed by atoms with Crippen LogP contribution in [-0.4, -0.2) is 10.1 Å². The normalized spacial score (nSPS) is 11.3. The van der Waals surface area contributed by atoms with Gasteiger partial charge in [0.15, 0.2) is 0 Å². The number of thiocarbonyl (C=S) groups is 1. The molecule has 0 fully saturated rings. The minimum absolute atomic E-state index is 0.0476. The molecule has 1 aromatic rings. The molecule has 2 N–H and O–H groups in total. The Balaban J connectivity index is 3.02. The number of rotatable bonds is 3. The zero-order valence-corrected chi connectivity index (χ0v) is 12.3. The van der Waals surface area contributed by atoms with Gasteiger partial charge in [-0.3, -0.25) is 0 Å². The molecule has 0 amide bonds. The van der Waals surface area contributed by atoms with E-state index in [0.717, 1.165) is 0 Å². The lowest BCUT2D eigenvalue weighted by atomic mass is 10.1. The van der Waals surface area contributed by atoms with Crippen LogP contribution < -0.4 is 5.32 Å². The van der Waals surface area contributed by atoms with Crippen LogP contribution in [-0.2, 0) is 0 Å². The molecule has 1 aromatic carbocycles. The number of anilines is 1. The van der Waals surface area contributed by atoms with Crippen molar-refractivity contribution in [2.75, 3.05) is 5.32 Å². The Hall–Kier alpha value is -1.54. The first kappa shape index (κ1) is 15.5. The van der Waals surface area contributed by atoms with E-state index in [0.29, 0.717) is 21.3 Å². The highest BCUT2D eigenvalue weighted by Gasteiger charge is 2.12. The van der Waals surface area contributed by atoms with Crippen LogP contribution in [0.25, 0.3) is 0 Å². The Morgan fingerprint density at radius 2 is 2.05 bits per heavy atom. The quantitative estimate of drug-likeness (QED) is 0.280. The van der Waals surface area contributed by atoms with Crippen LogP contribution in [0.15, 0.2) is 41.7 Å².